The Labute approximate surface area is 192 Å². The van der Waals surface area contributed by atoms with E-state index in [9.17, 15) is 14.9 Å². The quantitative estimate of drug-likeness (QED) is 0.389. The molecule has 1 amide bonds. The number of esters is 1. The van der Waals surface area contributed by atoms with Crippen LogP contribution in [0.1, 0.15) is 32.3 Å². The molecule has 0 radical (unpaired) electrons. The molecule has 0 bridgehead atoms. The highest BCUT2D eigenvalue weighted by atomic mass is 35.5. The monoisotopic (exact) mass is 467 g/mol. The third-order valence-corrected chi connectivity index (χ3v) is 6.80. The zero-order valence-electron chi connectivity index (χ0n) is 17.3. The van der Waals surface area contributed by atoms with Gasteiger partial charge in [0.2, 0.25) is 0 Å². The SMILES string of the molecule is Cc1c(C#N)c(NC(=O)COC(=O)c2sc3ccccc3c2Cl)n(Cc2ccco2)c1C. The predicted molar refractivity (Wildman–Crippen MR) is 122 cm³/mol. The van der Waals surface area contributed by atoms with E-state index in [4.69, 9.17) is 20.8 Å². The van der Waals surface area contributed by atoms with E-state index in [1.807, 2.05) is 44.2 Å². The number of fused-ring (bicyclic) bond motifs is 1. The minimum atomic E-state index is -0.676. The van der Waals surface area contributed by atoms with Gasteiger partial charge in [0.1, 0.15) is 22.5 Å². The predicted octanol–water partition coefficient (Wildman–Crippen LogP) is 5.28. The van der Waals surface area contributed by atoms with Gasteiger partial charge in [-0.25, -0.2) is 4.79 Å². The van der Waals surface area contributed by atoms with E-state index in [0.717, 1.165) is 21.3 Å². The van der Waals surface area contributed by atoms with Crippen molar-refractivity contribution >= 4 is 50.7 Å². The second-order valence-electron chi connectivity index (χ2n) is 7.08. The third-order valence-electron chi connectivity index (χ3n) is 5.15. The molecule has 4 aromatic rings. The second-order valence-corrected chi connectivity index (χ2v) is 8.51. The molecule has 0 saturated heterocycles. The number of hydrogen-bond acceptors (Lipinski definition) is 6. The third kappa shape index (κ3) is 4.00. The van der Waals surface area contributed by atoms with E-state index in [-0.39, 0.29) is 4.88 Å². The molecule has 3 heterocycles. The normalized spacial score (nSPS) is 10.8. The molecule has 0 saturated carbocycles. The van der Waals surface area contributed by atoms with Crippen molar-refractivity contribution in [1.29, 1.82) is 5.26 Å². The molecule has 4 rings (SSSR count). The van der Waals surface area contributed by atoms with Crippen molar-refractivity contribution in [3.63, 3.8) is 0 Å². The Balaban J connectivity index is 1.50. The van der Waals surface area contributed by atoms with Crippen molar-refractivity contribution in [3.8, 4) is 6.07 Å². The number of nitrogens with zero attached hydrogens (tertiary/aromatic N) is 2. The van der Waals surface area contributed by atoms with Gasteiger partial charge in [-0.15, -0.1) is 11.3 Å². The van der Waals surface area contributed by atoms with Crippen LogP contribution in [0.5, 0.6) is 0 Å². The first-order chi connectivity index (χ1) is 15.4. The lowest BCUT2D eigenvalue weighted by Crippen LogP contribution is -2.23. The molecule has 0 atom stereocenters. The molecular formula is C23H18ClN3O4S. The van der Waals surface area contributed by atoms with Crippen LogP contribution in [0.3, 0.4) is 0 Å². The molecule has 0 fully saturated rings. The maximum absolute atomic E-state index is 12.6. The van der Waals surface area contributed by atoms with Gasteiger partial charge in [-0.05, 0) is 37.6 Å². The number of nitriles is 1. The van der Waals surface area contributed by atoms with Gasteiger partial charge in [0.15, 0.2) is 6.61 Å². The number of ether oxygens (including phenoxy) is 1. The summed E-state index contributed by atoms with van der Waals surface area (Å²) in [5, 5.41) is 13.4. The van der Waals surface area contributed by atoms with Crippen molar-refractivity contribution < 1.29 is 18.7 Å². The summed E-state index contributed by atoms with van der Waals surface area (Å²) in [7, 11) is 0. The van der Waals surface area contributed by atoms with Gasteiger partial charge in [0.05, 0.1) is 23.4 Å². The van der Waals surface area contributed by atoms with Crippen LogP contribution in [-0.4, -0.2) is 23.1 Å². The van der Waals surface area contributed by atoms with Crippen molar-refractivity contribution in [1.82, 2.24) is 4.57 Å². The molecule has 9 heteroatoms. The number of benzene rings is 1. The second kappa shape index (κ2) is 8.91. The van der Waals surface area contributed by atoms with E-state index in [2.05, 4.69) is 11.4 Å². The summed E-state index contributed by atoms with van der Waals surface area (Å²) < 4.78 is 13.2. The van der Waals surface area contributed by atoms with E-state index < -0.39 is 18.5 Å². The average molecular weight is 468 g/mol. The first-order valence-electron chi connectivity index (χ1n) is 9.66. The Bertz CT molecular complexity index is 1360. The zero-order chi connectivity index (χ0) is 22.8. The van der Waals surface area contributed by atoms with Gasteiger partial charge in [0, 0.05) is 15.8 Å². The Kier molecular flexibility index (Phi) is 6.04. The molecule has 0 aliphatic carbocycles. The summed E-state index contributed by atoms with van der Waals surface area (Å²) in [5.74, 6) is -0.232. The maximum atomic E-state index is 12.6. The number of rotatable bonds is 6. The van der Waals surface area contributed by atoms with Gasteiger partial charge in [-0.1, -0.05) is 29.8 Å². The molecular weight excluding hydrogens is 450 g/mol. The van der Waals surface area contributed by atoms with Gasteiger partial charge in [-0.3, -0.25) is 4.79 Å². The number of carbonyl (C=O) groups is 2. The van der Waals surface area contributed by atoms with Crippen LogP contribution in [0, 0.1) is 25.2 Å². The molecule has 7 nitrogen and oxygen atoms in total. The maximum Gasteiger partial charge on any atom is 0.350 e. The number of furan rings is 1. The minimum absolute atomic E-state index is 0.242. The van der Waals surface area contributed by atoms with Gasteiger partial charge >= 0.3 is 5.97 Å². The van der Waals surface area contributed by atoms with Crippen LogP contribution >= 0.6 is 22.9 Å². The van der Waals surface area contributed by atoms with E-state index in [1.54, 1.807) is 16.9 Å². The van der Waals surface area contributed by atoms with Crippen LogP contribution in [0.4, 0.5) is 5.82 Å². The Morgan fingerprint density at radius 3 is 2.72 bits per heavy atom. The summed E-state index contributed by atoms with van der Waals surface area (Å²) in [6, 6.07) is 13.1. The van der Waals surface area contributed by atoms with Crippen LogP contribution < -0.4 is 5.32 Å². The van der Waals surface area contributed by atoms with Crippen molar-refractivity contribution in [2.45, 2.75) is 20.4 Å². The number of hydrogen-bond donors (Lipinski definition) is 1. The lowest BCUT2D eigenvalue weighted by Gasteiger charge is -2.12. The zero-order valence-corrected chi connectivity index (χ0v) is 18.8. The lowest BCUT2D eigenvalue weighted by molar-refractivity contribution is -0.119. The lowest BCUT2D eigenvalue weighted by atomic mass is 10.2. The molecule has 1 aromatic carbocycles. The van der Waals surface area contributed by atoms with Crippen LogP contribution in [0.25, 0.3) is 10.1 Å². The number of anilines is 1. The van der Waals surface area contributed by atoms with Crippen LogP contribution in [0.15, 0.2) is 47.1 Å². The number of amides is 1. The molecule has 0 spiro atoms. The Morgan fingerprint density at radius 2 is 2.03 bits per heavy atom. The van der Waals surface area contributed by atoms with Crippen LogP contribution in [0.2, 0.25) is 5.02 Å². The van der Waals surface area contributed by atoms with Crippen LogP contribution in [-0.2, 0) is 16.1 Å². The largest absolute Gasteiger partial charge is 0.467 e. The Hall–Kier alpha value is -3.54. The molecule has 1 N–H and O–H groups in total. The van der Waals surface area contributed by atoms with Gasteiger partial charge in [0.25, 0.3) is 5.91 Å². The molecule has 0 aliphatic rings. The first kappa shape index (κ1) is 21.7. The number of nitrogens with one attached hydrogen (secondary N) is 1. The smallest absolute Gasteiger partial charge is 0.350 e. The highest BCUT2D eigenvalue weighted by Gasteiger charge is 2.22. The van der Waals surface area contributed by atoms with Crippen molar-refractivity contribution in [2.75, 3.05) is 11.9 Å². The Morgan fingerprint density at radius 1 is 1.25 bits per heavy atom. The van der Waals surface area contributed by atoms with E-state index >= 15 is 0 Å². The number of aromatic nitrogens is 1. The summed E-state index contributed by atoms with van der Waals surface area (Å²) in [6.45, 7) is 3.50. The standard InChI is InChI=1S/C23H18ClN3O4S/c1-13-14(2)27(11-15-6-5-9-30-15)22(17(13)10-25)26-19(28)12-31-23(29)21-20(24)16-7-3-4-8-18(16)32-21/h3-9H,11-12H2,1-2H3,(H,26,28). The summed E-state index contributed by atoms with van der Waals surface area (Å²) >= 11 is 7.51. The van der Waals surface area contributed by atoms with Gasteiger partial charge < -0.3 is 19.0 Å². The van der Waals surface area contributed by atoms with Gasteiger partial charge in [-0.2, -0.15) is 5.26 Å². The summed E-state index contributed by atoms with van der Waals surface area (Å²) in [4.78, 5) is 25.3. The summed E-state index contributed by atoms with van der Waals surface area (Å²) in [6.07, 6.45) is 1.56. The molecule has 3 aromatic heterocycles. The molecule has 32 heavy (non-hydrogen) atoms. The minimum Gasteiger partial charge on any atom is -0.467 e. The summed E-state index contributed by atoms with van der Waals surface area (Å²) in [5.41, 5.74) is 1.92. The highest BCUT2D eigenvalue weighted by Crippen LogP contribution is 2.35. The fraction of sp³-hybridized carbons (Fsp3) is 0.174. The topological polar surface area (TPSA) is 97.3 Å². The molecule has 162 valence electrons. The van der Waals surface area contributed by atoms with Crippen molar-refractivity contribution in [3.05, 3.63) is 75.1 Å². The molecule has 0 aliphatic heterocycles. The van der Waals surface area contributed by atoms with E-state index in [1.165, 1.54) is 11.3 Å². The number of halogens is 1. The number of thiophene rings is 1. The van der Waals surface area contributed by atoms with E-state index in [0.29, 0.717) is 28.7 Å². The highest BCUT2D eigenvalue weighted by molar-refractivity contribution is 7.21. The fourth-order valence-electron chi connectivity index (χ4n) is 3.40. The van der Waals surface area contributed by atoms with Crippen molar-refractivity contribution in [2.24, 2.45) is 0 Å². The fourth-order valence-corrected chi connectivity index (χ4v) is 4.80. The average Bonchev–Trinajstić information content (AvgIpc) is 3.48. The number of carbonyl (C=O) groups excluding carboxylic acids is 2. The first-order valence-corrected chi connectivity index (χ1v) is 10.9. The molecule has 0 unspecified atom stereocenters.